The fourth-order valence-corrected chi connectivity index (χ4v) is 5.67. The van der Waals surface area contributed by atoms with Gasteiger partial charge in [0.1, 0.15) is 5.75 Å². The summed E-state index contributed by atoms with van der Waals surface area (Å²) in [5, 5.41) is 1.02. The molecule has 3 heterocycles. The highest BCUT2D eigenvalue weighted by molar-refractivity contribution is 7.99. The molecule has 0 saturated carbocycles. The highest BCUT2D eigenvalue weighted by atomic mass is 32.2. The lowest BCUT2D eigenvalue weighted by Crippen LogP contribution is -2.46. The molecule has 0 N–H and O–H groups in total. The van der Waals surface area contributed by atoms with Crippen LogP contribution in [-0.2, 0) is 23.1 Å². The number of aromatic nitrogens is 2. The Morgan fingerprint density at radius 2 is 1.77 bits per heavy atom. The van der Waals surface area contributed by atoms with Crippen LogP contribution in [-0.4, -0.2) is 62.6 Å². The lowest BCUT2D eigenvalue weighted by Gasteiger charge is -2.34. The summed E-state index contributed by atoms with van der Waals surface area (Å²) in [6.07, 6.45) is 6.72. The van der Waals surface area contributed by atoms with Gasteiger partial charge in [-0.05, 0) is 48.3 Å². The minimum atomic E-state index is -0.319. The van der Waals surface area contributed by atoms with Crippen molar-refractivity contribution in [3.63, 3.8) is 0 Å². The molecule has 35 heavy (non-hydrogen) atoms. The number of thioether (sulfide) groups is 1. The molecule has 2 saturated heterocycles. The Morgan fingerprint density at radius 1 is 1.11 bits per heavy atom. The number of hydrogen-bond acceptors (Lipinski definition) is 6. The average molecular weight is 499 g/mol. The van der Waals surface area contributed by atoms with Crippen LogP contribution in [0.3, 0.4) is 0 Å². The lowest BCUT2D eigenvalue weighted by molar-refractivity contribution is -0.152. The zero-order valence-corrected chi connectivity index (χ0v) is 21.6. The summed E-state index contributed by atoms with van der Waals surface area (Å²) < 4.78 is 7.60. The van der Waals surface area contributed by atoms with Gasteiger partial charge in [-0.15, -0.1) is 0 Å². The highest BCUT2D eigenvalue weighted by Gasteiger charge is 2.37. The number of aryl methyl sites for hydroxylation is 1. The van der Waals surface area contributed by atoms with E-state index in [2.05, 4.69) is 4.98 Å². The smallest absolute Gasteiger partial charge is 0.410 e. The molecule has 1 aromatic carbocycles. The second kappa shape index (κ2) is 10.8. The van der Waals surface area contributed by atoms with Crippen LogP contribution in [0.25, 0.3) is 0 Å². The van der Waals surface area contributed by atoms with Crippen molar-refractivity contribution in [2.24, 2.45) is 18.4 Å². The predicted molar refractivity (Wildman–Crippen MR) is 134 cm³/mol. The van der Waals surface area contributed by atoms with Crippen LogP contribution in [0.2, 0.25) is 0 Å². The third kappa shape index (κ3) is 6.66. The van der Waals surface area contributed by atoms with E-state index in [1.165, 1.54) is 4.90 Å². The van der Waals surface area contributed by atoms with E-state index in [1.54, 1.807) is 28.8 Å². The van der Waals surface area contributed by atoms with E-state index in [0.717, 1.165) is 29.3 Å². The summed E-state index contributed by atoms with van der Waals surface area (Å²) in [7, 11) is 2.00. The van der Waals surface area contributed by atoms with Gasteiger partial charge < -0.3 is 14.2 Å². The van der Waals surface area contributed by atoms with Crippen LogP contribution in [0, 0.1) is 11.3 Å². The fraction of sp³-hybridized carbons (Fsp3) is 0.538. The molecule has 0 radical (unpaired) electrons. The van der Waals surface area contributed by atoms with Crippen molar-refractivity contribution in [2.75, 3.05) is 25.4 Å². The molecule has 0 atom stereocenters. The van der Waals surface area contributed by atoms with Crippen molar-refractivity contribution in [2.45, 2.75) is 51.1 Å². The Morgan fingerprint density at radius 3 is 2.37 bits per heavy atom. The Bertz CT molecular complexity index is 1040. The first-order valence-corrected chi connectivity index (χ1v) is 13.2. The van der Waals surface area contributed by atoms with Crippen molar-refractivity contribution in [1.82, 2.24) is 19.4 Å². The fourth-order valence-electron chi connectivity index (χ4n) is 4.56. The first-order valence-electron chi connectivity index (χ1n) is 12.2. The van der Waals surface area contributed by atoms with Gasteiger partial charge in [-0.1, -0.05) is 37.7 Å². The van der Waals surface area contributed by atoms with Gasteiger partial charge in [0.05, 0.1) is 0 Å². The van der Waals surface area contributed by atoms with E-state index in [4.69, 9.17) is 4.74 Å². The van der Waals surface area contributed by atoms with E-state index < -0.39 is 0 Å². The van der Waals surface area contributed by atoms with E-state index in [9.17, 15) is 14.4 Å². The van der Waals surface area contributed by atoms with Crippen molar-refractivity contribution >= 4 is 29.7 Å². The Balaban J connectivity index is 1.19. The summed E-state index contributed by atoms with van der Waals surface area (Å²) >= 11 is 1.76. The molecule has 1 aromatic heterocycles. The number of ether oxygens (including phenoxy) is 1. The molecule has 0 unspecified atom stereocenters. The topological polar surface area (TPSA) is 84.7 Å². The second-order valence-electron chi connectivity index (χ2n) is 10.3. The number of carbonyl (C=O) groups is 3. The monoisotopic (exact) mass is 498 g/mol. The molecule has 2 aliphatic heterocycles. The summed E-state index contributed by atoms with van der Waals surface area (Å²) in [6, 6.07) is 7.30. The number of rotatable bonds is 7. The van der Waals surface area contributed by atoms with Crippen molar-refractivity contribution in [3.8, 4) is 5.75 Å². The van der Waals surface area contributed by atoms with Crippen molar-refractivity contribution in [3.05, 3.63) is 42.2 Å². The maximum absolute atomic E-state index is 12.6. The Kier molecular flexibility index (Phi) is 7.84. The average Bonchev–Trinajstić information content (AvgIpc) is 3.22. The van der Waals surface area contributed by atoms with Crippen LogP contribution in [0.5, 0.6) is 5.75 Å². The maximum Gasteiger partial charge on any atom is 0.415 e. The molecular weight excluding hydrogens is 464 g/mol. The number of amides is 3. The standard InChI is InChI=1S/C26H34N4O4S/c1-26(2)16-22(31)30(23(32)17-26)14-10-19-4-6-21(7-5-19)34-25(33)29-12-8-20(9-13-29)18-35-24-27-11-15-28(24)3/h4-7,11,15,20H,8-10,12-14,16-18H2,1-3H3. The number of nitrogens with zero attached hydrogens (tertiary/aromatic N) is 4. The summed E-state index contributed by atoms with van der Waals surface area (Å²) in [5.41, 5.74) is 0.727. The van der Waals surface area contributed by atoms with Crippen LogP contribution >= 0.6 is 11.8 Å². The minimum Gasteiger partial charge on any atom is -0.410 e. The Hall–Kier alpha value is -2.81. The van der Waals surface area contributed by atoms with E-state index >= 15 is 0 Å². The van der Waals surface area contributed by atoms with Crippen LogP contribution in [0.15, 0.2) is 41.8 Å². The number of carbonyl (C=O) groups excluding carboxylic acids is 3. The molecule has 9 heteroatoms. The maximum atomic E-state index is 12.6. The third-order valence-corrected chi connectivity index (χ3v) is 8.00. The molecule has 3 amide bonds. The number of benzene rings is 1. The molecule has 0 spiro atoms. The largest absolute Gasteiger partial charge is 0.415 e. The summed E-state index contributed by atoms with van der Waals surface area (Å²) in [5.74, 6) is 1.86. The lowest BCUT2D eigenvalue weighted by atomic mass is 9.81. The first kappa shape index (κ1) is 25.3. The van der Waals surface area contributed by atoms with Crippen LogP contribution < -0.4 is 4.74 Å². The van der Waals surface area contributed by atoms with Gasteiger partial charge in [0.15, 0.2) is 5.16 Å². The highest BCUT2D eigenvalue weighted by Crippen LogP contribution is 2.31. The van der Waals surface area contributed by atoms with Crippen LogP contribution in [0.1, 0.15) is 45.1 Å². The van der Waals surface area contributed by atoms with Crippen molar-refractivity contribution in [1.29, 1.82) is 0 Å². The summed E-state index contributed by atoms with van der Waals surface area (Å²) in [4.78, 5) is 44.8. The molecule has 0 aliphatic carbocycles. The van der Waals surface area contributed by atoms with Crippen molar-refractivity contribution < 1.29 is 19.1 Å². The quantitative estimate of drug-likeness (QED) is 0.421. The molecule has 188 valence electrons. The van der Waals surface area contributed by atoms with E-state index in [0.29, 0.717) is 50.6 Å². The van der Waals surface area contributed by atoms with Gasteiger partial charge in [-0.25, -0.2) is 9.78 Å². The first-order chi connectivity index (χ1) is 16.7. The number of imide groups is 1. The SMILES string of the molecule is Cn1ccnc1SCC1CCN(C(=O)Oc2ccc(CCN3C(=O)CC(C)(C)CC3=O)cc2)CC1. The Labute approximate surface area is 211 Å². The van der Waals surface area contributed by atoms with Gasteiger partial charge in [0.25, 0.3) is 0 Å². The van der Waals surface area contributed by atoms with Gasteiger partial charge in [0.2, 0.25) is 11.8 Å². The summed E-state index contributed by atoms with van der Waals surface area (Å²) in [6.45, 7) is 5.66. The number of imidazole rings is 1. The van der Waals surface area contributed by atoms with E-state index in [-0.39, 0.29) is 23.3 Å². The molecule has 2 fully saturated rings. The minimum absolute atomic E-state index is 0.101. The molecule has 8 nitrogen and oxygen atoms in total. The molecule has 2 aliphatic rings. The van der Waals surface area contributed by atoms with Gasteiger partial charge in [0, 0.05) is 57.7 Å². The molecule has 2 aromatic rings. The molecular formula is C26H34N4O4S. The van der Waals surface area contributed by atoms with Crippen LogP contribution in [0.4, 0.5) is 4.79 Å². The normalized spacial score (nSPS) is 18.7. The number of likely N-dealkylation sites (tertiary alicyclic amines) is 2. The number of hydrogen-bond donors (Lipinski definition) is 0. The molecule has 0 bridgehead atoms. The second-order valence-corrected chi connectivity index (χ2v) is 11.3. The van der Waals surface area contributed by atoms with E-state index in [1.807, 2.05) is 50.0 Å². The number of piperidine rings is 2. The predicted octanol–water partition coefficient (Wildman–Crippen LogP) is 4.14. The van der Waals surface area contributed by atoms with Gasteiger partial charge >= 0.3 is 6.09 Å². The zero-order valence-electron chi connectivity index (χ0n) is 20.7. The molecule has 4 rings (SSSR count). The van der Waals surface area contributed by atoms with Gasteiger partial charge in [-0.3, -0.25) is 14.5 Å². The van der Waals surface area contributed by atoms with Gasteiger partial charge in [-0.2, -0.15) is 0 Å². The zero-order chi connectivity index (χ0) is 25.0. The third-order valence-electron chi connectivity index (χ3n) is 6.71.